The van der Waals surface area contributed by atoms with Crippen LogP contribution in [0.5, 0.6) is 5.75 Å². The van der Waals surface area contributed by atoms with E-state index in [4.69, 9.17) is 15.2 Å². The first-order valence-electron chi connectivity index (χ1n) is 13.1. The van der Waals surface area contributed by atoms with Crippen molar-refractivity contribution in [3.05, 3.63) is 36.2 Å². The molecule has 12 nitrogen and oxygen atoms in total. The number of fused-ring (bicyclic) bond motifs is 1. The molecule has 1 aromatic carbocycles. The van der Waals surface area contributed by atoms with Crippen molar-refractivity contribution in [2.75, 3.05) is 48.3 Å². The standard InChI is InChI=1S/C26H32N6O6S2/c1-3-38-25(34)20(13-17-12-16-6-8-28-23(27)18(16)14-21(17)37-2)31-11-7-19(24(31)33)32(40(35)36)22-15-29-26(39-22)30-9-4-5-10-30/h6,8,12,14-15,19-20H,3-5,7,9-11,13H2,1-2H3,(H2,27,28)(H,35,36)/t19-,20+/m0/s1. The maximum absolute atomic E-state index is 13.8. The van der Waals surface area contributed by atoms with Crippen molar-refractivity contribution < 1.29 is 27.8 Å². The number of anilines is 3. The van der Waals surface area contributed by atoms with Crippen LogP contribution < -0.4 is 19.7 Å². The molecule has 4 heterocycles. The molecule has 3 N–H and O–H groups in total. The summed E-state index contributed by atoms with van der Waals surface area (Å²) in [6.07, 6.45) is 5.66. The topological polar surface area (TPSA) is 151 Å². The second-order valence-electron chi connectivity index (χ2n) is 9.62. The second-order valence-corrected chi connectivity index (χ2v) is 11.5. The number of carbonyl (C=O) groups excluding carboxylic acids is 2. The summed E-state index contributed by atoms with van der Waals surface area (Å²) < 4.78 is 34.9. The van der Waals surface area contributed by atoms with Crippen LogP contribution in [0.3, 0.4) is 0 Å². The van der Waals surface area contributed by atoms with E-state index in [-0.39, 0.29) is 26.0 Å². The molecule has 214 valence electrons. The predicted octanol–water partition coefficient (Wildman–Crippen LogP) is 2.60. The van der Waals surface area contributed by atoms with Gasteiger partial charge in [-0.05, 0) is 55.3 Å². The molecule has 14 heteroatoms. The summed E-state index contributed by atoms with van der Waals surface area (Å²) in [6, 6.07) is 3.55. The zero-order chi connectivity index (χ0) is 28.4. The van der Waals surface area contributed by atoms with E-state index in [1.165, 1.54) is 33.8 Å². The first kappa shape index (κ1) is 28.1. The van der Waals surface area contributed by atoms with E-state index < -0.39 is 35.2 Å². The van der Waals surface area contributed by atoms with Crippen LogP contribution in [-0.2, 0) is 32.0 Å². The zero-order valence-electron chi connectivity index (χ0n) is 22.3. The van der Waals surface area contributed by atoms with Gasteiger partial charge < -0.3 is 25.0 Å². The lowest BCUT2D eigenvalue weighted by Crippen LogP contribution is -2.49. The summed E-state index contributed by atoms with van der Waals surface area (Å²) in [4.78, 5) is 39.1. The number of esters is 1. The lowest BCUT2D eigenvalue weighted by atomic mass is 10.00. The van der Waals surface area contributed by atoms with E-state index >= 15 is 0 Å². The molecule has 2 aromatic heterocycles. The van der Waals surface area contributed by atoms with E-state index in [9.17, 15) is 18.4 Å². The molecular weight excluding hydrogens is 556 g/mol. The highest BCUT2D eigenvalue weighted by molar-refractivity contribution is 7.81. The van der Waals surface area contributed by atoms with E-state index in [2.05, 4.69) is 14.9 Å². The summed E-state index contributed by atoms with van der Waals surface area (Å²) in [5.41, 5.74) is 6.73. The molecule has 3 atom stereocenters. The number of nitrogen functional groups attached to an aromatic ring is 1. The Kier molecular flexibility index (Phi) is 8.38. The molecule has 2 saturated heterocycles. The quantitative estimate of drug-likeness (QED) is 0.267. The van der Waals surface area contributed by atoms with Gasteiger partial charge in [0.2, 0.25) is 5.91 Å². The fraction of sp³-hybridized carbons (Fsp3) is 0.462. The molecule has 2 fully saturated rings. The van der Waals surface area contributed by atoms with E-state index in [1.807, 2.05) is 12.1 Å². The fourth-order valence-electron chi connectivity index (χ4n) is 5.35. The Balaban J connectivity index is 1.43. The number of hydrogen-bond donors (Lipinski definition) is 2. The average Bonchev–Trinajstić information content (AvgIpc) is 3.70. The van der Waals surface area contributed by atoms with E-state index in [1.54, 1.807) is 19.2 Å². The highest BCUT2D eigenvalue weighted by Gasteiger charge is 2.44. The Morgan fingerprint density at radius 2 is 2.08 bits per heavy atom. The lowest BCUT2D eigenvalue weighted by molar-refractivity contribution is -0.153. The van der Waals surface area contributed by atoms with E-state index in [0.717, 1.165) is 36.4 Å². The van der Waals surface area contributed by atoms with Gasteiger partial charge >= 0.3 is 5.97 Å². The highest BCUT2D eigenvalue weighted by atomic mass is 32.2. The normalized spacial score (nSPS) is 18.8. The molecule has 0 spiro atoms. The van der Waals surface area contributed by atoms with Gasteiger partial charge in [0, 0.05) is 37.6 Å². The number of benzene rings is 1. The third-order valence-corrected chi connectivity index (χ3v) is 9.24. The Hall–Kier alpha value is -3.49. The molecule has 3 aromatic rings. The smallest absolute Gasteiger partial charge is 0.329 e. The maximum Gasteiger partial charge on any atom is 0.329 e. The SMILES string of the molecule is CCOC(=O)[C@@H](Cc1cc2ccnc(N)c2cc1OC)N1CC[C@H](N(c2cnc(N3CCCC3)s2)S(=O)O)C1=O. The van der Waals surface area contributed by atoms with Crippen LogP contribution in [0.15, 0.2) is 30.6 Å². The molecule has 0 bridgehead atoms. The summed E-state index contributed by atoms with van der Waals surface area (Å²) in [5, 5.41) is 2.72. The third kappa shape index (κ3) is 5.43. The number of ether oxygens (including phenoxy) is 2. The number of amides is 1. The number of nitrogens with zero attached hydrogens (tertiary/aromatic N) is 5. The van der Waals surface area contributed by atoms with Gasteiger partial charge in [0.25, 0.3) is 11.3 Å². The highest BCUT2D eigenvalue weighted by Crippen LogP contribution is 2.36. The number of thiazole rings is 1. The summed E-state index contributed by atoms with van der Waals surface area (Å²) in [5.74, 6) is -0.125. The molecule has 2 aliphatic rings. The minimum absolute atomic E-state index is 0.126. The second kappa shape index (κ2) is 11.9. The van der Waals surface area contributed by atoms with Crippen molar-refractivity contribution in [1.82, 2.24) is 14.9 Å². The maximum atomic E-state index is 13.8. The van der Waals surface area contributed by atoms with Crippen LogP contribution in [0.1, 0.15) is 31.7 Å². The zero-order valence-corrected chi connectivity index (χ0v) is 23.9. The van der Waals surface area contributed by atoms with Crippen LogP contribution in [0.2, 0.25) is 0 Å². The fourth-order valence-corrected chi connectivity index (χ4v) is 7.20. The van der Waals surface area contributed by atoms with Gasteiger partial charge in [-0.3, -0.25) is 9.35 Å². The predicted molar refractivity (Wildman–Crippen MR) is 154 cm³/mol. The minimum Gasteiger partial charge on any atom is -0.496 e. The monoisotopic (exact) mass is 588 g/mol. The molecule has 1 unspecified atom stereocenters. The van der Waals surface area contributed by atoms with Crippen molar-refractivity contribution >= 4 is 61.2 Å². The molecule has 5 rings (SSSR count). The largest absolute Gasteiger partial charge is 0.496 e. The van der Waals surface area contributed by atoms with Crippen LogP contribution in [0.25, 0.3) is 10.8 Å². The van der Waals surface area contributed by atoms with Crippen LogP contribution >= 0.6 is 11.3 Å². The Labute approximate surface area is 238 Å². The Bertz CT molecular complexity index is 1430. The van der Waals surface area contributed by atoms with Gasteiger partial charge in [-0.2, -0.15) is 0 Å². The molecule has 0 radical (unpaired) electrons. The first-order chi connectivity index (χ1) is 19.3. The number of methoxy groups -OCH3 is 1. The summed E-state index contributed by atoms with van der Waals surface area (Å²) >= 11 is -1.19. The average molecular weight is 589 g/mol. The molecule has 40 heavy (non-hydrogen) atoms. The van der Waals surface area contributed by atoms with Crippen molar-refractivity contribution in [1.29, 1.82) is 0 Å². The van der Waals surface area contributed by atoms with Gasteiger partial charge in [-0.1, -0.05) is 11.3 Å². The van der Waals surface area contributed by atoms with Gasteiger partial charge in [0.1, 0.15) is 28.7 Å². The number of rotatable bonds is 10. The van der Waals surface area contributed by atoms with Crippen LogP contribution in [-0.4, -0.2) is 80.9 Å². The van der Waals surface area contributed by atoms with Crippen LogP contribution in [0.4, 0.5) is 16.0 Å². The van der Waals surface area contributed by atoms with Gasteiger partial charge in [-0.15, -0.1) is 0 Å². The molecular formula is C26H32N6O6S2. The van der Waals surface area contributed by atoms with Crippen molar-refractivity contribution in [3.8, 4) is 5.75 Å². The number of aromatic nitrogens is 2. The third-order valence-electron chi connectivity index (χ3n) is 7.28. The number of likely N-dealkylation sites (tertiary alicyclic amines) is 1. The van der Waals surface area contributed by atoms with Gasteiger partial charge in [0.15, 0.2) is 5.13 Å². The Morgan fingerprint density at radius 3 is 2.77 bits per heavy atom. The van der Waals surface area contributed by atoms with Gasteiger partial charge in [0.05, 0.1) is 19.9 Å². The number of pyridine rings is 1. The number of nitrogens with two attached hydrogens (primary N) is 1. The van der Waals surface area contributed by atoms with Crippen molar-refractivity contribution in [2.45, 2.75) is 44.7 Å². The summed E-state index contributed by atoms with van der Waals surface area (Å²) in [7, 11) is 1.52. The summed E-state index contributed by atoms with van der Waals surface area (Å²) in [6.45, 7) is 3.83. The number of carbonyl (C=O) groups is 2. The molecule has 0 aliphatic carbocycles. The number of hydrogen-bond acceptors (Lipinski definition) is 10. The van der Waals surface area contributed by atoms with Gasteiger partial charge in [-0.25, -0.2) is 23.3 Å². The van der Waals surface area contributed by atoms with Crippen molar-refractivity contribution in [3.63, 3.8) is 0 Å². The Morgan fingerprint density at radius 1 is 1.30 bits per heavy atom. The first-order valence-corrected chi connectivity index (χ1v) is 15.0. The molecule has 2 aliphatic heterocycles. The molecule has 0 saturated carbocycles. The van der Waals surface area contributed by atoms with Crippen molar-refractivity contribution in [2.24, 2.45) is 0 Å². The minimum atomic E-state index is -2.47. The van der Waals surface area contributed by atoms with Crippen LogP contribution in [0, 0.1) is 0 Å². The lowest BCUT2D eigenvalue weighted by Gasteiger charge is -2.29. The molecule has 1 amide bonds. The van der Waals surface area contributed by atoms with E-state index in [0.29, 0.717) is 27.5 Å².